The van der Waals surface area contributed by atoms with Crippen molar-refractivity contribution in [1.82, 2.24) is 20.4 Å². The van der Waals surface area contributed by atoms with E-state index in [0.29, 0.717) is 24.8 Å². The van der Waals surface area contributed by atoms with Crippen molar-refractivity contribution >= 4 is 28.3 Å². The van der Waals surface area contributed by atoms with Crippen molar-refractivity contribution in [1.29, 1.82) is 0 Å². The third-order valence-electron chi connectivity index (χ3n) is 7.21. The maximum Gasteiger partial charge on any atom is 0.275 e. The summed E-state index contributed by atoms with van der Waals surface area (Å²) in [6.07, 6.45) is 5.61. The van der Waals surface area contributed by atoms with Crippen LogP contribution < -0.4 is 10.6 Å². The van der Waals surface area contributed by atoms with Gasteiger partial charge in [-0.05, 0) is 37.0 Å². The van der Waals surface area contributed by atoms with Crippen molar-refractivity contribution in [2.75, 3.05) is 18.4 Å². The number of aromatic amines is 1. The van der Waals surface area contributed by atoms with Crippen LogP contribution >= 0.6 is 0 Å². The number of carbonyl (C=O) groups is 1. The van der Waals surface area contributed by atoms with Gasteiger partial charge >= 0.3 is 0 Å². The minimum atomic E-state index is -0.372. The molecule has 1 aliphatic carbocycles. The first-order valence-corrected chi connectivity index (χ1v) is 11.6. The number of fused-ring (bicyclic) bond motifs is 2. The van der Waals surface area contributed by atoms with Gasteiger partial charge in [-0.2, -0.15) is 5.10 Å². The number of H-pyrrole nitrogens is 1. The molecule has 3 aliphatic rings. The van der Waals surface area contributed by atoms with E-state index in [4.69, 9.17) is 4.99 Å². The number of amidine groups is 1. The third-order valence-corrected chi connectivity index (χ3v) is 7.21. The fourth-order valence-corrected chi connectivity index (χ4v) is 5.36. The zero-order chi connectivity index (χ0) is 21.5. The molecule has 3 heterocycles. The predicted molar refractivity (Wildman–Crippen MR) is 126 cm³/mol. The SMILES string of the molecule is O=C(c1n[nH]c2ccccc12)N1CC[C@]2(C1)NCc1ccccc1NC2=NC1CCCC1. The molecule has 1 atom stereocenters. The summed E-state index contributed by atoms with van der Waals surface area (Å²) in [6, 6.07) is 16.6. The maximum absolute atomic E-state index is 13.5. The number of nitrogens with zero attached hydrogens (tertiary/aromatic N) is 3. The van der Waals surface area contributed by atoms with Gasteiger partial charge in [0.1, 0.15) is 5.84 Å². The molecule has 1 spiro atoms. The van der Waals surface area contributed by atoms with Crippen LogP contribution in [0, 0.1) is 0 Å². The molecule has 2 fully saturated rings. The molecule has 1 saturated carbocycles. The van der Waals surface area contributed by atoms with Gasteiger partial charge in [0.15, 0.2) is 5.69 Å². The summed E-state index contributed by atoms with van der Waals surface area (Å²) in [5.41, 5.74) is 3.35. The van der Waals surface area contributed by atoms with Crippen LogP contribution in [-0.4, -0.2) is 51.5 Å². The van der Waals surface area contributed by atoms with Crippen LogP contribution in [0.3, 0.4) is 0 Å². The van der Waals surface area contributed by atoms with E-state index in [-0.39, 0.29) is 11.4 Å². The Hall–Kier alpha value is -3.19. The summed E-state index contributed by atoms with van der Waals surface area (Å²) in [4.78, 5) is 20.6. The first kappa shape index (κ1) is 19.5. The second kappa shape index (κ2) is 7.74. The molecular formula is C25H28N6O. The molecule has 32 heavy (non-hydrogen) atoms. The van der Waals surface area contributed by atoms with Crippen LogP contribution in [0.1, 0.15) is 48.2 Å². The number of hydrogen-bond acceptors (Lipinski definition) is 4. The van der Waals surface area contributed by atoms with E-state index in [2.05, 4.69) is 45.1 Å². The predicted octanol–water partition coefficient (Wildman–Crippen LogP) is 3.70. The quantitative estimate of drug-likeness (QED) is 0.581. The fourth-order valence-electron chi connectivity index (χ4n) is 5.36. The molecule has 7 heteroatoms. The van der Waals surface area contributed by atoms with E-state index in [0.717, 1.165) is 48.2 Å². The molecule has 3 aromatic rings. The van der Waals surface area contributed by atoms with Gasteiger partial charge in [-0.3, -0.25) is 20.2 Å². The van der Waals surface area contributed by atoms with Crippen molar-refractivity contribution in [2.24, 2.45) is 4.99 Å². The highest BCUT2D eigenvalue weighted by Crippen LogP contribution is 2.32. The zero-order valence-corrected chi connectivity index (χ0v) is 18.1. The smallest absolute Gasteiger partial charge is 0.275 e. The van der Waals surface area contributed by atoms with Gasteiger partial charge in [-0.25, -0.2) is 0 Å². The Balaban J connectivity index is 1.33. The number of aromatic nitrogens is 2. The maximum atomic E-state index is 13.5. The number of anilines is 1. The Morgan fingerprint density at radius 1 is 1.09 bits per heavy atom. The first-order chi connectivity index (χ1) is 15.7. The number of aliphatic imine (C=N–C) groups is 1. The van der Waals surface area contributed by atoms with Crippen LogP contribution in [0.4, 0.5) is 5.69 Å². The van der Waals surface area contributed by atoms with E-state index in [1.54, 1.807) is 0 Å². The number of likely N-dealkylation sites (tertiary alicyclic amines) is 1. The lowest BCUT2D eigenvalue weighted by molar-refractivity contribution is 0.0782. The third kappa shape index (κ3) is 3.28. The van der Waals surface area contributed by atoms with Crippen molar-refractivity contribution < 1.29 is 4.79 Å². The number of benzene rings is 2. The number of amides is 1. The summed E-state index contributed by atoms with van der Waals surface area (Å²) in [5.74, 6) is 0.958. The van der Waals surface area contributed by atoms with Crippen molar-refractivity contribution in [3.8, 4) is 0 Å². The Labute approximate surface area is 187 Å². The van der Waals surface area contributed by atoms with E-state index < -0.39 is 0 Å². The van der Waals surface area contributed by atoms with Crippen LogP contribution in [0.5, 0.6) is 0 Å². The number of nitrogens with one attached hydrogen (secondary N) is 3. The van der Waals surface area contributed by atoms with Crippen LogP contribution in [0.25, 0.3) is 10.9 Å². The monoisotopic (exact) mass is 428 g/mol. The topological polar surface area (TPSA) is 85.4 Å². The van der Waals surface area contributed by atoms with Crippen LogP contribution in [-0.2, 0) is 6.54 Å². The minimum absolute atomic E-state index is 0.0249. The Morgan fingerprint density at radius 3 is 2.81 bits per heavy atom. The second-order valence-electron chi connectivity index (χ2n) is 9.23. The van der Waals surface area contributed by atoms with Gasteiger partial charge in [-0.15, -0.1) is 0 Å². The second-order valence-corrected chi connectivity index (χ2v) is 9.23. The molecule has 1 amide bonds. The van der Waals surface area contributed by atoms with Crippen LogP contribution in [0.15, 0.2) is 53.5 Å². The minimum Gasteiger partial charge on any atom is -0.342 e. The highest BCUT2D eigenvalue weighted by Gasteiger charge is 2.46. The molecule has 3 N–H and O–H groups in total. The number of rotatable bonds is 2. The van der Waals surface area contributed by atoms with Gasteiger partial charge < -0.3 is 10.2 Å². The van der Waals surface area contributed by atoms with E-state index in [9.17, 15) is 4.79 Å². The largest absolute Gasteiger partial charge is 0.342 e. The van der Waals surface area contributed by atoms with E-state index in [1.165, 1.54) is 18.4 Å². The lowest BCUT2D eigenvalue weighted by Gasteiger charge is -2.31. The molecular weight excluding hydrogens is 400 g/mol. The van der Waals surface area contributed by atoms with Crippen molar-refractivity contribution in [3.63, 3.8) is 0 Å². The summed E-state index contributed by atoms with van der Waals surface area (Å²) in [7, 11) is 0. The molecule has 2 aromatic carbocycles. The highest BCUT2D eigenvalue weighted by molar-refractivity contribution is 6.07. The molecule has 1 saturated heterocycles. The zero-order valence-electron chi connectivity index (χ0n) is 18.1. The van der Waals surface area contributed by atoms with Gasteiger partial charge in [-0.1, -0.05) is 49.2 Å². The molecule has 0 bridgehead atoms. The van der Waals surface area contributed by atoms with Gasteiger partial charge in [0, 0.05) is 30.7 Å². The normalized spacial score (nSPS) is 24.8. The summed E-state index contributed by atoms with van der Waals surface area (Å²) in [5, 5.41) is 15.7. The molecule has 0 radical (unpaired) electrons. The number of hydrogen-bond donors (Lipinski definition) is 3. The van der Waals surface area contributed by atoms with Crippen molar-refractivity contribution in [2.45, 2.75) is 50.2 Å². The summed E-state index contributed by atoms with van der Waals surface area (Å²) >= 11 is 0. The van der Waals surface area contributed by atoms with Gasteiger partial charge in [0.2, 0.25) is 0 Å². The van der Waals surface area contributed by atoms with Crippen molar-refractivity contribution in [3.05, 3.63) is 59.8 Å². The number of carbonyl (C=O) groups excluding carboxylic acids is 1. The lowest BCUT2D eigenvalue weighted by Crippen LogP contribution is -2.55. The molecule has 1 aromatic heterocycles. The Bertz CT molecular complexity index is 1190. The fraction of sp³-hybridized carbons (Fsp3) is 0.400. The van der Waals surface area contributed by atoms with E-state index >= 15 is 0 Å². The molecule has 0 unspecified atom stereocenters. The first-order valence-electron chi connectivity index (χ1n) is 11.6. The summed E-state index contributed by atoms with van der Waals surface area (Å²) < 4.78 is 0. The van der Waals surface area contributed by atoms with Gasteiger partial charge in [0.05, 0.1) is 17.1 Å². The summed E-state index contributed by atoms with van der Waals surface area (Å²) in [6.45, 7) is 2.01. The van der Waals surface area contributed by atoms with E-state index in [1.807, 2.05) is 29.2 Å². The standard InChI is InChI=1S/C25H28N6O/c32-23(22-19-10-4-6-12-21(19)29-30-22)31-14-13-25(16-31)24(27-18-8-2-3-9-18)28-20-11-5-1-7-17(20)15-26-25/h1,4-7,10-12,18,26H,2-3,8-9,13-16H2,(H,27,28)(H,29,30)/t25-/m1/s1. The molecule has 6 rings (SSSR count). The lowest BCUT2D eigenvalue weighted by atomic mass is 9.96. The molecule has 164 valence electrons. The molecule has 7 nitrogen and oxygen atoms in total. The molecule has 2 aliphatic heterocycles. The Morgan fingerprint density at radius 2 is 1.91 bits per heavy atom. The average molecular weight is 429 g/mol. The average Bonchev–Trinajstić information content (AvgIpc) is 3.56. The Kier molecular flexibility index (Phi) is 4.72. The number of para-hydroxylation sites is 2. The van der Waals surface area contributed by atoms with Crippen LogP contribution in [0.2, 0.25) is 0 Å². The van der Waals surface area contributed by atoms with Gasteiger partial charge in [0.25, 0.3) is 5.91 Å². The highest BCUT2D eigenvalue weighted by atomic mass is 16.2.